The van der Waals surface area contributed by atoms with Crippen molar-refractivity contribution in [3.8, 4) is 11.5 Å². The van der Waals surface area contributed by atoms with Crippen LogP contribution in [0.25, 0.3) is 0 Å². The molecule has 18 heavy (non-hydrogen) atoms. The zero-order valence-electron chi connectivity index (χ0n) is 9.51. The van der Waals surface area contributed by atoms with Crippen molar-refractivity contribution in [2.24, 2.45) is 5.10 Å². The number of amides is 1. The van der Waals surface area contributed by atoms with Crippen LogP contribution in [0.15, 0.2) is 23.3 Å². The Morgan fingerprint density at radius 1 is 1.50 bits per heavy atom. The average Bonchev–Trinajstić information content (AvgIpc) is 2.89. The van der Waals surface area contributed by atoms with Crippen LogP contribution in [0.4, 0.5) is 4.79 Å². The summed E-state index contributed by atoms with van der Waals surface area (Å²) in [5.74, 6) is 1.15. The average molecular weight is 265 g/mol. The summed E-state index contributed by atoms with van der Waals surface area (Å²) in [5, 5.41) is 16.2. The van der Waals surface area contributed by atoms with Crippen molar-refractivity contribution in [3.05, 3.63) is 23.8 Å². The van der Waals surface area contributed by atoms with E-state index >= 15 is 0 Å². The Morgan fingerprint density at radius 2 is 2.33 bits per heavy atom. The van der Waals surface area contributed by atoms with Gasteiger partial charge in [0.1, 0.15) is 5.84 Å². The number of nitrogens with one attached hydrogen (secondary N) is 2. The molecule has 1 aromatic rings. The molecule has 0 saturated carbocycles. The Balaban J connectivity index is 1.90. The highest BCUT2D eigenvalue weighted by molar-refractivity contribution is 8.15. The van der Waals surface area contributed by atoms with E-state index in [1.165, 1.54) is 18.9 Å². The maximum absolute atomic E-state index is 11.3. The lowest BCUT2D eigenvalue weighted by Crippen LogP contribution is -2.25. The number of phenolic OH excluding ortho intramolecular Hbond substituents is 1. The van der Waals surface area contributed by atoms with E-state index in [1.54, 1.807) is 18.2 Å². The highest BCUT2D eigenvalue weighted by Crippen LogP contribution is 2.37. The lowest BCUT2D eigenvalue weighted by molar-refractivity contribution is 0.265. The number of phenols is 1. The van der Waals surface area contributed by atoms with E-state index in [9.17, 15) is 9.90 Å². The van der Waals surface area contributed by atoms with Crippen molar-refractivity contribution in [1.29, 1.82) is 0 Å². The van der Waals surface area contributed by atoms with Gasteiger partial charge in [-0.1, -0.05) is 17.8 Å². The molecule has 2 heterocycles. The first-order valence-electron chi connectivity index (χ1n) is 5.36. The number of carbonyl (C=O) groups excluding carboxylic acids is 1. The third-order valence-corrected chi connectivity index (χ3v) is 3.99. The largest absolute Gasteiger partial charge is 0.504 e. The molecule has 2 aliphatic heterocycles. The molecule has 0 aliphatic carbocycles. The number of aromatic hydroxyl groups is 1. The minimum atomic E-state index is -0.0987. The standard InChI is InChI=1S/C11H11N3O3S/c1-17-7-4-5(2-3-6(7)15)8-9-10(14-13-8)12-11(16)18-9/h2-4,8-9,13,15H,1H3,(H,12,14,16)/t8-,9-/m0/s1. The fourth-order valence-electron chi connectivity index (χ4n) is 2.04. The molecule has 1 aromatic carbocycles. The zero-order valence-corrected chi connectivity index (χ0v) is 10.3. The van der Waals surface area contributed by atoms with Gasteiger partial charge in [-0.05, 0) is 17.7 Å². The summed E-state index contributed by atoms with van der Waals surface area (Å²) in [6, 6.07) is 5.01. The molecule has 6 nitrogen and oxygen atoms in total. The van der Waals surface area contributed by atoms with Gasteiger partial charge in [0.2, 0.25) is 0 Å². The summed E-state index contributed by atoms with van der Waals surface area (Å²) < 4.78 is 5.07. The van der Waals surface area contributed by atoms with Crippen LogP contribution >= 0.6 is 11.8 Å². The van der Waals surface area contributed by atoms with Crippen LogP contribution in [0.3, 0.4) is 0 Å². The summed E-state index contributed by atoms with van der Waals surface area (Å²) in [6.07, 6.45) is 0. The van der Waals surface area contributed by atoms with Gasteiger partial charge in [-0.25, -0.2) is 0 Å². The molecular weight excluding hydrogens is 254 g/mol. The Labute approximate surface area is 107 Å². The third kappa shape index (κ3) is 1.67. The number of carbonyl (C=O) groups is 1. The second kappa shape index (κ2) is 4.09. The Morgan fingerprint density at radius 3 is 3.11 bits per heavy atom. The van der Waals surface area contributed by atoms with Gasteiger partial charge < -0.3 is 15.2 Å². The van der Waals surface area contributed by atoms with Gasteiger partial charge in [-0.3, -0.25) is 10.2 Å². The Hall–Kier alpha value is -1.89. The van der Waals surface area contributed by atoms with E-state index < -0.39 is 0 Å². The third-order valence-electron chi connectivity index (χ3n) is 2.92. The molecule has 2 atom stereocenters. The van der Waals surface area contributed by atoms with Crippen LogP contribution in [0, 0.1) is 0 Å². The summed E-state index contributed by atoms with van der Waals surface area (Å²) in [4.78, 5) is 11.3. The first-order valence-corrected chi connectivity index (χ1v) is 6.24. The zero-order chi connectivity index (χ0) is 12.7. The molecule has 2 aliphatic rings. The topological polar surface area (TPSA) is 83.0 Å². The molecule has 0 spiro atoms. The number of amidine groups is 1. The van der Waals surface area contributed by atoms with Crippen LogP contribution in [0.5, 0.6) is 11.5 Å². The fraction of sp³-hybridized carbons (Fsp3) is 0.273. The molecule has 0 aromatic heterocycles. The SMILES string of the molecule is COc1cc([C@@H]2NN=C3NC(=O)S[C@H]32)ccc1O. The van der Waals surface area contributed by atoms with E-state index in [4.69, 9.17) is 4.74 Å². The first kappa shape index (κ1) is 11.2. The minimum Gasteiger partial charge on any atom is -0.504 e. The van der Waals surface area contributed by atoms with Crippen LogP contribution in [0.1, 0.15) is 11.6 Å². The number of ether oxygens (including phenoxy) is 1. The summed E-state index contributed by atoms with van der Waals surface area (Å²) in [5.41, 5.74) is 3.90. The summed E-state index contributed by atoms with van der Waals surface area (Å²) in [7, 11) is 1.50. The maximum Gasteiger partial charge on any atom is 0.285 e. The predicted octanol–water partition coefficient (Wildman–Crippen LogP) is 1.18. The number of hydrazone groups is 1. The van der Waals surface area contributed by atoms with Crippen LogP contribution in [-0.2, 0) is 0 Å². The lowest BCUT2D eigenvalue weighted by atomic mass is 10.0. The van der Waals surface area contributed by atoms with E-state index in [-0.39, 0.29) is 22.3 Å². The van der Waals surface area contributed by atoms with E-state index in [0.29, 0.717) is 11.6 Å². The molecule has 0 bridgehead atoms. The van der Waals surface area contributed by atoms with E-state index in [1.807, 2.05) is 0 Å². The van der Waals surface area contributed by atoms with Gasteiger partial charge in [-0.2, -0.15) is 5.10 Å². The molecular formula is C11H11N3O3S. The van der Waals surface area contributed by atoms with Crippen LogP contribution < -0.4 is 15.5 Å². The monoisotopic (exact) mass is 265 g/mol. The Bertz CT molecular complexity index is 546. The number of fused-ring (bicyclic) bond motifs is 1. The van der Waals surface area contributed by atoms with E-state index in [0.717, 1.165) is 5.56 Å². The second-order valence-corrected chi connectivity index (χ2v) is 5.10. The first-order chi connectivity index (χ1) is 8.69. The van der Waals surface area contributed by atoms with Crippen molar-refractivity contribution in [3.63, 3.8) is 0 Å². The maximum atomic E-state index is 11.3. The number of rotatable bonds is 2. The minimum absolute atomic E-state index is 0.0493. The van der Waals surface area contributed by atoms with Gasteiger partial charge in [-0.15, -0.1) is 0 Å². The number of methoxy groups -OCH3 is 1. The molecule has 1 amide bonds. The Kier molecular flexibility index (Phi) is 2.55. The number of nitrogens with zero attached hydrogens (tertiary/aromatic N) is 1. The van der Waals surface area contributed by atoms with Crippen molar-refractivity contribution in [2.75, 3.05) is 7.11 Å². The number of hydrogen-bond donors (Lipinski definition) is 3. The molecule has 1 saturated heterocycles. The highest BCUT2D eigenvalue weighted by Gasteiger charge is 2.41. The second-order valence-electron chi connectivity index (χ2n) is 3.99. The highest BCUT2D eigenvalue weighted by atomic mass is 32.2. The molecule has 0 radical (unpaired) electrons. The van der Waals surface area contributed by atoms with Crippen LogP contribution in [0.2, 0.25) is 0 Å². The summed E-state index contributed by atoms with van der Waals surface area (Å²) >= 11 is 1.21. The van der Waals surface area contributed by atoms with Crippen molar-refractivity contribution < 1.29 is 14.6 Å². The summed E-state index contributed by atoms with van der Waals surface area (Å²) in [6.45, 7) is 0. The molecule has 3 N–H and O–H groups in total. The van der Waals surface area contributed by atoms with Crippen molar-refractivity contribution in [2.45, 2.75) is 11.3 Å². The number of hydrogen-bond acceptors (Lipinski definition) is 6. The van der Waals surface area contributed by atoms with Gasteiger partial charge in [0.25, 0.3) is 5.24 Å². The predicted molar refractivity (Wildman–Crippen MR) is 67.9 cm³/mol. The van der Waals surface area contributed by atoms with Gasteiger partial charge >= 0.3 is 0 Å². The molecule has 0 unspecified atom stereocenters. The lowest BCUT2D eigenvalue weighted by Gasteiger charge is -2.16. The van der Waals surface area contributed by atoms with E-state index in [2.05, 4.69) is 15.8 Å². The normalized spacial score (nSPS) is 25.2. The molecule has 7 heteroatoms. The fourth-order valence-corrected chi connectivity index (χ4v) is 3.01. The quantitative estimate of drug-likeness (QED) is 0.748. The van der Waals surface area contributed by atoms with Gasteiger partial charge in [0.05, 0.1) is 18.4 Å². The number of benzene rings is 1. The smallest absolute Gasteiger partial charge is 0.285 e. The van der Waals surface area contributed by atoms with Crippen molar-refractivity contribution >= 4 is 22.8 Å². The molecule has 1 fully saturated rings. The van der Waals surface area contributed by atoms with Crippen molar-refractivity contribution in [1.82, 2.24) is 10.7 Å². The molecule has 3 rings (SSSR count). The molecule has 94 valence electrons. The number of thioether (sulfide) groups is 1. The van der Waals surface area contributed by atoms with Crippen LogP contribution in [-0.4, -0.2) is 28.5 Å². The van der Waals surface area contributed by atoms with Gasteiger partial charge in [0.15, 0.2) is 11.5 Å². The van der Waals surface area contributed by atoms with Gasteiger partial charge in [0, 0.05) is 0 Å².